The minimum absolute atomic E-state index is 0.122. The van der Waals surface area contributed by atoms with Gasteiger partial charge in [-0.25, -0.2) is 9.37 Å². The second kappa shape index (κ2) is 5.12. The minimum Gasteiger partial charge on any atom is -0.346 e. The van der Waals surface area contributed by atoms with E-state index in [4.69, 9.17) is 0 Å². The van der Waals surface area contributed by atoms with Crippen LogP contribution in [0.4, 0.5) is 4.39 Å². The van der Waals surface area contributed by atoms with E-state index in [1.54, 1.807) is 25.1 Å². The molecule has 1 N–H and O–H groups in total. The Morgan fingerprint density at radius 1 is 1.39 bits per heavy atom. The number of nitrogens with zero attached hydrogens (tertiary/aromatic N) is 1. The molecule has 3 nitrogen and oxygen atoms in total. The summed E-state index contributed by atoms with van der Waals surface area (Å²) in [5.41, 5.74) is 1.92. The quantitative estimate of drug-likeness (QED) is 0.901. The lowest BCUT2D eigenvalue weighted by atomic mass is 10.1. The van der Waals surface area contributed by atoms with Gasteiger partial charge in [-0.15, -0.1) is 0 Å². The van der Waals surface area contributed by atoms with E-state index in [2.05, 4.69) is 9.97 Å². The number of aryl methyl sites for hydroxylation is 2. The molecule has 2 aromatic rings. The lowest BCUT2D eigenvalue weighted by Gasteiger charge is -1.99. The number of halogens is 1. The molecule has 0 unspecified atom stereocenters. The first kappa shape index (κ1) is 12.5. The number of carbonyl (C=O) groups excluding carboxylic acids is 1. The van der Waals surface area contributed by atoms with Crippen LogP contribution in [0.5, 0.6) is 0 Å². The van der Waals surface area contributed by atoms with Crippen molar-refractivity contribution >= 4 is 5.78 Å². The van der Waals surface area contributed by atoms with Crippen LogP contribution < -0.4 is 0 Å². The van der Waals surface area contributed by atoms with E-state index >= 15 is 0 Å². The van der Waals surface area contributed by atoms with Crippen LogP contribution in [0.3, 0.4) is 0 Å². The number of benzene rings is 1. The fraction of sp³-hybridized carbons (Fsp3) is 0.286. The molecule has 0 saturated heterocycles. The topological polar surface area (TPSA) is 45.8 Å². The number of ketones is 1. The number of rotatable bonds is 4. The van der Waals surface area contributed by atoms with Gasteiger partial charge in [-0.1, -0.05) is 12.1 Å². The van der Waals surface area contributed by atoms with E-state index in [0.717, 1.165) is 11.5 Å². The molecule has 0 amide bonds. The number of aromatic nitrogens is 2. The second-order valence-electron chi connectivity index (χ2n) is 4.34. The van der Waals surface area contributed by atoms with Gasteiger partial charge >= 0.3 is 0 Å². The Morgan fingerprint density at radius 2 is 2.11 bits per heavy atom. The summed E-state index contributed by atoms with van der Waals surface area (Å²) in [4.78, 5) is 18.4. The predicted molar refractivity (Wildman–Crippen MR) is 67.7 cm³/mol. The summed E-state index contributed by atoms with van der Waals surface area (Å²) in [6, 6.07) is 6.55. The molecule has 2 rings (SSSR count). The van der Waals surface area contributed by atoms with Crippen molar-refractivity contribution in [1.82, 2.24) is 9.97 Å². The molecular weight excluding hydrogens is 231 g/mol. The smallest absolute Gasteiger partial charge is 0.132 e. The Balaban J connectivity index is 2.30. The summed E-state index contributed by atoms with van der Waals surface area (Å²) < 4.78 is 13.7. The summed E-state index contributed by atoms with van der Waals surface area (Å²) >= 11 is 0. The Labute approximate surface area is 105 Å². The molecule has 94 valence electrons. The fourth-order valence-corrected chi connectivity index (χ4v) is 1.85. The summed E-state index contributed by atoms with van der Waals surface area (Å²) in [7, 11) is 0. The molecule has 0 aliphatic rings. The number of hydrogen-bond donors (Lipinski definition) is 1. The molecule has 1 aromatic heterocycles. The van der Waals surface area contributed by atoms with Crippen LogP contribution in [0.2, 0.25) is 0 Å². The third-order valence-corrected chi connectivity index (χ3v) is 2.78. The number of nitrogens with one attached hydrogen (secondary N) is 1. The molecule has 1 aromatic carbocycles. The van der Waals surface area contributed by atoms with Gasteiger partial charge in [0.15, 0.2) is 0 Å². The maximum absolute atomic E-state index is 13.7. The van der Waals surface area contributed by atoms with Crippen molar-refractivity contribution in [2.45, 2.75) is 26.7 Å². The van der Waals surface area contributed by atoms with Crippen molar-refractivity contribution in [2.24, 2.45) is 0 Å². The normalized spacial score (nSPS) is 10.6. The first-order chi connectivity index (χ1) is 8.58. The van der Waals surface area contributed by atoms with Gasteiger partial charge in [0.25, 0.3) is 0 Å². The van der Waals surface area contributed by atoms with Crippen LogP contribution in [-0.2, 0) is 11.2 Å². The molecule has 0 fully saturated rings. The average molecular weight is 246 g/mol. The van der Waals surface area contributed by atoms with Gasteiger partial charge in [0.2, 0.25) is 0 Å². The SMILES string of the molecule is CC(=O)CCc1nc(-c2ccccc2F)c(C)[nH]1. The van der Waals surface area contributed by atoms with Gasteiger partial charge in [0.05, 0.1) is 5.69 Å². The highest BCUT2D eigenvalue weighted by Crippen LogP contribution is 2.24. The number of carbonyl (C=O) groups is 1. The molecule has 0 aliphatic carbocycles. The third kappa shape index (κ3) is 2.64. The minimum atomic E-state index is -0.287. The van der Waals surface area contributed by atoms with Gasteiger partial charge in [-0.2, -0.15) is 0 Å². The Bertz CT molecular complexity index is 575. The van der Waals surface area contributed by atoms with E-state index in [-0.39, 0.29) is 11.6 Å². The van der Waals surface area contributed by atoms with E-state index < -0.39 is 0 Å². The number of Topliss-reactive ketones (excluding diaryl/α,β-unsaturated/α-hetero) is 1. The van der Waals surface area contributed by atoms with Crippen LogP contribution >= 0.6 is 0 Å². The largest absolute Gasteiger partial charge is 0.346 e. The number of imidazole rings is 1. The first-order valence-electron chi connectivity index (χ1n) is 5.87. The summed E-state index contributed by atoms with van der Waals surface area (Å²) in [5, 5.41) is 0. The van der Waals surface area contributed by atoms with Crippen molar-refractivity contribution in [1.29, 1.82) is 0 Å². The second-order valence-corrected chi connectivity index (χ2v) is 4.34. The molecule has 0 saturated carbocycles. The highest BCUT2D eigenvalue weighted by atomic mass is 19.1. The Hall–Kier alpha value is -1.97. The summed E-state index contributed by atoms with van der Waals surface area (Å²) in [6.07, 6.45) is 1.01. The van der Waals surface area contributed by atoms with Crippen molar-refractivity contribution in [3.8, 4) is 11.3 Å². The lowest BCUT2D eigenvalue weighted by molar-refractivity contribution is -0.117. The molecule has 0 atom stereocenters. The zero-order chi connectivity index (χ0) is 13.1. The van der Waals surface area contributed by atoms with E-state index in [1.807, 2.05) is 6.92 Å². The summed E-state index contributed by atoms with van der Waals surface area (Å²) in [6.45, 7) is 3.40. The highest BCUT2D eigenvalue weighted by Gasteiger charge is 2.12. The number of aromatic amines is 1. The first-order valence-corrected chi connectivity index (χ1v) is 5.87. The molecule has 1 heterocycles. The molecule has 0 bridgehead atoms. The van der Waals surface area contributed by atoms with Crippen LogP contribution in [-0.4, -0.2) is 15.8 Å². The van der Waals surface area contributed by atoms with Crippen LogP contribution in [0.15, 0.2) is 24.3 Å². The summed E-state index contributed by atoms with van der Waals surface area (Å²) in [5.74, 6) is 0.558. The van der Waals surface area contributed by atoms with Crippen LogP contribution in [0.1, 0.15) is 24.9 Å². The maximum atomic E-state index is 13.7. The lowest BCUT2D eigenvalue weighted by Crippen LogP contribution is -1.95. The molecule has 0 spiro atoms. The van der Waals surface area contributed by atoms with Gasteiger partial charge in [-0.05, 0) is 26.0 Å². The van der Waals surface area contributed by atoms with Gasteiger partial charge in [-0.3, -0.25) is 0 Å². The zero-order valence-electron chi connectivity index (χ0n) is 10.5. The highest BCUT2D eigenvalue weighted by molar-refractivity contribution is 5.75. The third-order valence-electron chi connectivity index (χ3n) is 2.78. The average Bonchev–Trinajstić information content (AvgIpc) is 2.69. The molecule has 4 heteroatoms. The van der Waals surface area contributed by atoms with E-state index in [9.17, 15) is 9.18 Å². The van der Waals surface area contributed by atoms with Crippen molar-refractivity contribution in [3.63, 3.8) is 0 Å². The zero-order valence-corrected chi connectivity index (χ0v) is 10.5. The van der Waals surface area contributed by atoms with Gasteiger partial charge < -0.3 is 9.78 Å². The molecule has 0 radical (unpaired) electrons. The Kier molecular flexibility index (Phi) is 3.55. The van der Waals surface area contributed by atoms with Crippen molar-refractivity contribution in [2.75, 3.05) is 0 Å². The standard InChI is InChI=1S/C14H15FN2O/c1-9(18)7-8-13-16-10(2)14(17-13)11-5-3-4-6-12(11)15/h3-6H,7-8H2,1-2H3,(H,16,17). The maximum Gasteiger partial charge on any atom is 0.132 e. The fourth-order valence-electron chi connectivity index (χ4n) is 1.85. The number of H-pyrrole nitrogens is 1. The molecule has 18 heavy (non-hydrogen) atoms. The van der Waals surface area contributed by atoms with Gasteiger partial charge in [0.1, 0.15) is 17.4 Å². The van der Waals surface area contributed by atoms with E-state index in [0.29, 0.717) is 24.1 Å². The monoisotopic (exact) mass is 246 g/mol. The van der Waals surface area contributed by atoms with Crippen molar-refractivity contribution < 1.29 is 9.18 Å². The molecular formula is C14H15FN2O. The number of hydrogen-bond acceptors (Lipinski definition) is 2. The molecule has 0 aliphatic heterocycles. The van der Waals surface area contributed by atoms with Crippen LogP contribution in [0.25, 0.3) is 11.3 Å². The Morgan fingerprint density at radius 3 is 2.78 bits per heavy atom. The van der Waals surface area contributed by atoms with Gasteiger partial charge in [0, 0.05) is 24.1 Å². The van der Waals surface area contributed by atoms with E-state index in [1.165, 1.54) is 6.07 Å². The predicted octanol–water partition coefficient (Wildman–Crippen LogP) is 3.05. The van der Waals surface area contributed by atoms with Crippen LogP contribution in [0, 0.1) is 12.7 Å². The van der Waals surface area contributed by atoms with Crippen molar-refractivity contribution in [3.05, 3.63) is 41.6 Å².